The number of nitrogens with one attached hydrogen (secondary N) is 2. The predicted octanol–water partition coefficient (Wildman–Crippen LogP) is 3.08. The second kappa shape index (κ2) is 8.02. The van der Waals surface area contributed by atoms with Crippen molar-refractivity contribution in [3.05, 3.63) is 54.4 Å². The van der Waals surface area contributed by atoms with Gasteiger partial charge in [0.05, 0.1) is 20.8 Å². The molecule has 2 amide bonds. The molecular weight excluding hydrogens is 336 g/mol. The van der Waals surface area contributed by atoms with Crippen molar-refractivity contribution in [2.75, 3.05) is 19.5 Å². The van der Waals surface area contributed by atoms with Gasteiger partial charge >= 0.3 is 6.03 Å². The number of amides is 2. The molecular formula is C18H18N4O4. The standard InChI is InChI=1S/C18H18N4O4/c1-24-14-7-3-5-12(9-14)17-21-16(26-22-17)11-19-18(23)20-13-6-4-8-15(10-13)25-2/h3-10H,11H2,1-2H3,(H2,19,20,23). The summed E-state index contributed by atoms with van der Waals surface area (Å²) in [7, 11) is 3.15. The maximum atomic E-state index is 12.0. The summed E-state index contributed by atoms with van der Waals surface area (Å²) < 4.78 is 15.5. The van der Waals surface area contributed by atoms with Gasteiger partial charge < -0.3 is 24.6 Å². The summed E-state index contributed by atoms with van der Waals surface area (Å²) in [5.41, 5.74) is 1.38. The molecule has 134 valence electrons. The van der Waals surface area contributed by atoms with Crippen LogP contribution in [0.1, 0.15) is 5.89 Å². The number of carbonyl (C=O) groups excluding carboxylic acids is 1. The van der Waals surface area contributed by atoms with Gasteiger partial charge in [-0.25, -0.2) is 4.79 Å². The molecule has 0 fully saturated rings. The number of carbonyl (C=O) groups is 1. The van der Waals surface area contributed by atoms with Gasteiger partial charge in [0.15, 0.2) is 0 Å². The number of ether oxygens (including phenoxy) is 2. The zero-order valence-corrected chi connectivity index (χ0v) is 14.4. The van der Waals surface area contributed by atoms with Gasteiger partial charge in [0.1, 0.15) is 11.5 Å². The van der Waals surface area contributed by atoms with Crippen LogP contribution in [0.2, 0.25) is 0 Å². The fourth-order valence-corrected chi connectivity index (χ4v) is 2.24. The molecule has 0 aliphatic rings. The molecule has 0 aliphatic heterocycles. The van der Waals surface area contributed by atoms with Crippen LogP contribution >= 0.6 is 0 Å². The van der Waals surface area contributed by atoms with E-state index in [9.17, 15) is 4.79 Å². The first-order valence-electron chi connectivity index (χ1n) is 7.84. The number of rotatable bonds is 6. The van der Waals surface area contributed by atoms with Crippen molar-refractivity contribution in [2.45, 2.75) is 6.54 Å². The molecule has 8 heteroatoms. The smallest absolute Gasteiger partial charge is 0.319 e. The largest absolute Gasteiger partial charge is 0.497 e. The number of aromatic nitrogens is 2. The van der Waals surface area contributed by atoms with Crippen LogP contribution in [0.15, 0.2) is 53.1 Å². The lowest BCUT2D eigenvalue weighted by atomic mass is 10.2. The van der Waals surface area contributed by atoms with Crippen molar-refractivity contribution in [1.82, 2.24) is 15.5 Å². The molecule has 0 radical (unpaired) electrons. The van der Waals surface area contributed by atoms with E-state index in [1.54, 1.807) is 44.6 Å². The highest BCUT2D eigenvalue weighted by Gasteiger charge is 2.11. The van der Waals surface area contributed by atoms with Crippen molar-refractivity contribution < 1.29 is 18.8 Å². The van der Waals surface area contributed by atoms with E-state index < -0.39 is 0 Å². The van der Waals surface area contributed by atoms with Gasteiger partial charge in [0.25, 0.3) is 0 Å². The molecule has 0 unspecified atom stereocenters. The quantitative estimate of drug-likeness (QED) is 0.706. The van der Waals surface area contributed by atoms with Crippen LogP contribution in [0.5, 0.6) is 11.5 Å². The van der Waals surface area contributed by atoms with Gasteiger partial charge in [-0.1, -0.05) is 23.4 Å². The minimum absolute atomic E-state index is 0.104. The maximum absolute atomic E-state index is 12.0. The van der Waals surface area contributed by atoms with Crippen molar-refractivity contribution in [3.63, 3.8) is 0 Å². The number of benzene rings is 2. The van der Waals surface area contributed by atoms with Crippen LogP contribution in [0, 0.1) is 0 Å². The maximum Gasteiger partial charge on any atom is 0.319 e. The van der Waals surface area contributed by atoms with E-state index in [4.69, 9.17) is 14.0 Å². The van der Waals surface area contributed by atoms with E-state index in [2.05, 4.69) is 20.8 Å². The Labute approximate surface area is 150 Å². The minimum Gasteiger partial charge on any atom is -0.497 e. The second-order valence-electron chi connectivity index (χ2n) is 5.28. The molecule has 0 spiro atoms. The summed E-state index contributed by atoms with van der Waals surface area (Å²) in [6.07, 6.45) is 0. The summed E-state index contributed by atoms with van der Waals surface area (Å²) in [4.78, 5) is 16.2. The molecule has 26 heavy (non-hydrogen) atoms. The number of anilines is 1. The minimum atomic E-state index is -0.389. The van der Waals surface area contributed by atoms with Crippen molar-refractivity contribution in [1.29, 1.82) is 0 Å². The third-order valence-corrected chi connectivity index (χ3v) is 3.52. The molecule has 8 nitrogen and oxygen atoms in total. The fraction of sp³-hybridized carbons (Fsp3) is 0.167. The summed E-state index contributed by atoms with van der Waals surface area (Å²) in [5, 5.41) is 9.28. The molecule has 0 saturated carbocycles. The first-order chi connectivity index (χ1) is 12.7. The molecule has 0 atom stereocenters. The number of nitrogens with zero attached hydrogens (tertiary/aromatic N) is 2. The highest BCUT2D eigenvalue weighted by molar-refractivity contribution is 5.89. The Balaban J connectivity index is 1.58. The van der Waals surface area contributed by atoms with Crippen molar-refractivity contribution in [2.24, 2.45) is 0 Å². The van der Waals surface area contributed by atoms with Crippen molar-refractivity contribution in [3.8, 4) is 22.9 Å². The van der Waals surface area contributed by atoms with Gasteiger partial charge in [-0.2, -0.15) is 4.98 Å². The zero-order valence-electron chi connectivity index (χ0n) is 14.4. The van der Waals surface area contributed by atoms with E-state index >= 15 is 0 Å². The lowest BCUT2D eigenvalue weighted by Gasteiger charge is -2.07. The molecule has 2 N–H and O–H groups in total. The summed E-state index contributed by atoms with van der Waals surface area (Å²) in [5.74, 6) is 2.07. The summed E-state index contributed by atoms with van der Waals surface area (Å²) >= 11 is 0. The average Bonchev–Trinajstić information content (AvgIpc) is 3.16. The Morgan fingerprint density at radius 1 is 1.08 bits per heavy atom. The highest BCUT2D eigenvalue weighted by atomic mass is 16.5. The van der Waals surface area contributed by atoms with Crippen LogP contribution in [-0.4, -0.2) is 30.4 Å². The van der Waals surface area contributed by atoms with Gasteiger partial charge in [0, 0.05) is 17.3 Å². The molecule has 0 saturated heterocycles. The first-order valence-corrected chi connectivity index (χ1v) is 7.84. The molecule has 1 aromatic heterocycles. The normalized spacial score (nSPS) is 10.2. The Morgan fingerprint density at radius 3 is 2.58 bits per heavy atom. The van der Waals surface area contributed by atoms with E-state index in [0.29, 0.717) is 28.9 Å². The number of hydrogen-bond donors (Lipinski definition) is 2. The molecule has 0 aliphatic carbocycles. The SMILES string of the molecule is COc1cccc(NC(=O)NCc2nc(-c3cccc(OC)c3)no2)c1. The van der Waals surface area contributed by atoms with E-state index in [0.717, 1.165) is 5.56 Å². The van der Waals surface area contributed by atoms with Gasteiger partial charge in [-0.05, 0) is 24.3 Å². The lowest BCUT2D eigenvalue weighted by Crippen LogP contribution is -2.28. The monoisotopic (exact) mass is 354 g/mol. The van der Waals surface area contributed by atoms with E-state index in [-0.39, 0.29) is 12.6 Å². The van der Waals surface area contributed by atoms with Crippen LogP contribution in [0.25, 0.3) is 11.4 Å². The number of hydrogen-bond acceptors (Lipinski definition) is 6. The van der Waals surface area contributed by atoms with Crippen LogP contribution in [0.3, 0.4) is 0 Å². The molecule has 1 heterocycles. The van der Waals surface area contributed by atoms with E-state index in [1.807, 2.05) is 18.2 Å². The molecule has 3 rings (SSSR count). The summed E-state index contributed by atoms with van der Waals surface area (Å²) in [6.45, 7) is 0.104. The Bertz CT molecular complexity index is 894. The Morgan fingerprint density at radius 2 is 1.81 bits per heavy atom. The Hall–Kier alpha value is -3.55. The number of methoxy groups -OCH3 is 2. The third kappa shape index (κ3) is 4.29. The molecule has 2 aromatic carbocycles. The number of urea groups is 1. The fourth-order valence-electron chi connectivity index (χ4n) is 2.24. The van der Waals surface area contributed by atoms with Gasteiger partial charge in [0.2, 0.25) is 11.7 Å². The molecule has 0 bridgehead atoms. The predicted molar refractivity (Wildman–Crippen MR) is 95.1 cm³/mol. The topological polar surface area (TPSA) is 98.5 Å². The summed E-state index contributed by atoms with van der Waals surface area (Å²) in [6, 6.07) is 14.0. The van der Waals surface area contributed by atoms with Crippen LogP contribution in [-0.2, 0) is 6.54 Å². The third-order valence-electron chi connectivity index (χ3n) is 3.52. The average molecular weight is 354 g/mol. The van der Waals surface area contributed by atoms with Crippen molar-refractivity contribution >= 4 is 11.7 Å². The second-order valence-corrected chi connectivity index (χ2v) is 5.28. The zero-order chi connectivity index (χ0) is 18.4. The first kappa shape index (κ1) is 17.3. The van der Waals surface area contributed by atoms with Crippen LogP contribution in [0.4, 0.5) is 10.5 Å². The van der Waals surface area contributed by atoms with Gasteiger partial charge in [-0.3, -0.25) is 0 Å². The van der Waals surface area contributed by atoms with E-state index in [1.165, 1.54) is 0 Å². The van der Waals surface area contributed by atoms with Crippen LogP contribution < -0.4 is 20.1 Å². The lowest BCUT2D eigenvalue weighted by molar-refractivity contribution is 0.249. The Kier molecular flexibility index (Phi) is 5.33. The highest BCUT2D eigenvalue weighted by Crippen LogP contribution is 2.21. The molecule has 3 aromatic rings. The van der Waals surface area contributed by atoms with Gasteiger partial charge in [-0.15, -0.1) is 0 Å².